The van der Waals surface area contributed by atoms with E-state index >= 15 is 0 Å². The van der Waals surface area contributed by atoms with Crippen LogP contribution in [0.5, 0.6) is 0 Å². The first kappa shape index (κ1) is 13.3. The first-order valence-electron chi connectivity index (χ1n) is 6.73. The maximum atomic E-state index is 12.7. The quantitative estimate of drug-likeness (QED) is 0.923. The van der Waals surface area contributed by atoms with Gasteiger partial charge in [-0.1, -0.05) is 25.1 Å². The Labute approximate surface area is 122 Å². The monoisotopic (exact) mass is 287 g/mol. The lowest BCUT2D eigenvalue weighted by atomic mass is 9.94. The molecule has 5 heteroatoms. The molecule has 1 aliphatic rings. The average molecular weight is 287 g/mol. The summed E-state index contributed by atoms with van der Waals surface area (Å²) in [5, 5.41) is 2.60. The van der Waals surface area contributed by atoms with Crippen molar-refractivity contribution < 1.29 is 4.79 Å². The highest BCUT2D eigenvalue weighted by molar-refractivity contribution is 7.09. The number of nitrogens with two attached hydrogens (primary N) is 1. The highest BCUT2D eigenvalue weighted by atomic mass is 32.1. The summed E-state index contributed by atoms with van der Waals surface area (Å²) in [5.74, 6) is 0.432. The lowest BCUT2D eigenvalue weighted by molar-refractivity contribution is 0.0976. The molecule has 0 aliphatic carbocycles. The molecule has 20 heavy (non-hydrogen) atoms. The molecule has 2 N–H and O–H groups in total. The zero-order chi connectivity index (χ0) is 14.1. The maximum absolute atomic E-state index is 12.7. The van der Waals surface area contributed by atoms with Crippen LogP contribution in [0.1, 0.15) is 28.0 Å². The zero-order valence-electron chi connectivity index (χ0n) is 11.4. The number of carbonyl (C=O) groups is 1. The van der Waals surface area contributed by atoms with E-state index in [1.54, 1.807) is 5.38 Å². The van der Waals surface area contributed by atoms with E-state index in [-0.39, 0.29) is 5.91 Å². The summed E-state index contributed by atoms with van der Waals surface area (Å²) in [7, 11) is 0. The van der Waals surface area contributed by atoms with Crippen molar-refractivity contribution in [3.8, 4) is 0 Å². The largest absolute Gasteiger partial charge is 0.325 e. The molecule has 1 amide bonds. The Kier molecular flexibility index (Phi) is 3.54. The second-order valence-corrected chi connectivity index (χ2v) is 6.13. The number of para-hydroxylation sites is 1. The fourth-order valence-corrected chi connectivity index (χ4v) is 3.28. The van der Waals surface area contributed by atoms with Gasteiger partial charge in [-0.05, 0) is 24.0 Å². The van der Waals surface area contributed by atoms with E-state index in [0.29, 0.717) is 18.2 Å². The van der Waals surface area contributed by atoms with Crippen LogP contribution in [0.25, 0.3) is 0 Å². The number of aromatic nitrogens is 1. The van der Waals surface area contributed by atoms with Crippen molar-refractivity contribution in [3.05, 3.63) is 45.9 Å². The van der Waals surface area contributed by atoms with Crippen LogP contribution < -0.4 is 10.6 Å². The van der Waals surface area contributed by atoms with Crippen LogP contribution in [0.3, 0.4) is 0 Å². The Morgan fingerprint density at radius 1 is 1.50 bits per heavy atom. The number of carbonyl (C=O) groups excluding carboxylic acids is 1. The van der Waals surface area contributed by atoms with Crippen LogP contribution in [0.4, 0.5) is 5.69 Å². The molecular weight excluding hydrogens is 270 g/mol. The molecule has 0 radical (unpaired) electrons. The molecule has 4 nitrogen and oxygen atoms in total. The van der Waals surface area contributed by atoms with Gasteiger partial charge in [0, 0.05) is 24.2 Å². The molecule has 0 fully saturated rings. The van der Waals surface area contributed by atoms with E-state index in [9.17, 15) is 4.79 Å². The SMILES string of the molecule is C[C@H]1Cc2ccccc2N(C(=O)c2csc(CN)n2)C1. The van der Waals surface area contributed by atoms with Crippen molar-refractivity contribution in [3.63, 3.8) is 0 Å². The van der Waals surface area contributed by atoms with Crippen molar-refractivity contribution in [1.82, 2.24) is 4.98 Å². The van der Waals surface area contributed by atoms with Gasteiger partial charge in [0.2, 0.25) is 0 Å². The lowest BCUT2D eigenvalue weighted by Gasteiger charge is -2.32. The minimum absolute atomic E-state index is 0.0278. The molecule has 1 aliphatic heterocycles. The van der Waals surface area contributed by atoms with E-state index in [1.807, 2.05) is 23.1 Å². The van der Waals surface area contributed by atoms with E-state index in [1.165, 1.54) is 16.9 Å². The molecule has 0 saturated carbocycles. The molecule has 0 spiro atoms. The predicted octanol–water partition coefficient (Wildman–Crippen LogP) is 2.44. The summed E-state index contributed by atoms with van der Waals surface area (Å²) >= 11 is 1.44. The first-order chi connectivity index (χ1) is 9.69. The fraction of sp³-hybridized carbons (Fsp3) is 0.333. The topological polar surface area (TPSA) is 59.2 Å². The molecular formula is C15H17N3OS. The van der Waals surface area contributed by atoms with Crippen LogP contribution in [0.15, 0.2) is 29.6 Å². The van der Waals surface area contributed by atoms with Crippen LogP contribution in [-0.4, -0.2) is 17.4 Å². The third kappa shape index (κ3) is 2.34. The van der Waals surface area contributed by atoms with Crippen molar-refractivity contribution in [2.24, 2.45) is 11.7 Å². The Bertz CT molecular complexity index is 638. The standard InChI is InChI=1S/C15H17N3OS/c1-10-6-11-4-2-3-5-13(11)18(8-10)15(19)12-9-20-14(7-16)17-12/h2-5,9-10H,6-8,16H2,1H3/t10-/m0/s1. The number of fused-ring (bicyclic) bond motifs is 1. The number of anilines is 1. The summed E-state index contributed by atoms with van der Waals surface area (Å²) in [6.07, 6.45) is 1.02. The molecule has 1 aromatic carbocycles. The van der Waals surface area contributed by atoms with Gasteiger partial charge in [-0.25, -0.2) is 4.98 Å². The van der Waals surface area contributed by atoms with E-state index in [4.69, 9.17) is 5.73 Å². The minimum atomic E-state index is -0.0278. The van der Waals surface area contributed by atoms with Crippen molar-refractivity contribution in [2.75, 3.05) is 11.4 Å². The normalized spacial score (nSPS) is 17.9. The molecule has 0 bridgehead atoms. The second-order valence-electron chi connectivity index (χ2n) is 5.18. The number of nitrogens with zero attached hydrogens (tertiary/aromatic N) is 2. The summed E-state index contributed by atoms with van der Waals surface area (Å²) < 4.78 is 0. The first-order valence-corrected chi connectivity index (χ1v) is 7.61. The summed E-state index contributed by atoms with van der Waals surface area (Å²) in [6, 6.07) is 8.10. The number of hydrogen-bond donors (Lipinski definition) is 1. The third-order valence-corrected chi connectivity index (χ3v) is 4.41. The van der Waals surface area contributed by atoms with Crippen molar-refractivity contribution in [1.29, 1.82) is 0 Å². The molecule has 0 saturated heterocycles. The third-order valence-electron chi connectivity index (χ3n) is 3.54. The zero-order valence-corrected chi connectivity index (χ0v) is 12.2. The van der Waals surface area contributed by atoms with Gasteiger partial charge in [0.1, 0.15) is 10.7 Å². The van der Waals surface area contributed by atoms with Gasteiger partial charge in [-0.3, -0.25) is 4.79 Å². The fourth-order valence-electron chi connectivity index (χ4n) is 2.63. The Morgan fingerprint density at radius 2 is 2.30 bits per heavy atom. The lowest BCUT2D eigenvalue weighted by Crippen LogP contribution is -2.39. The number of hydrogen-bond acceptors (Lipinski definition) is 4. The number of benzene rings is 1. The van der Waals surface area contributed by atoms with Crippen LogP contribution in [0, 0.1) is 5.92 Å². The minimum Gasteiger partial charge on any atom is -0.325 e. The Morgan fingerprint density at radius 3 is 3.05 bits per heavy atom. The molecule has 104 valence electrons. The summed E-state index contributed by atoms with van der Waals surface area (Å²) in [4.78, 5) is 18.8. The molecule has 3 rings (SSSR count). The number of thiazole rings is 1. The average Bonchev–Trinajstić information content (AvgIpc) is 2.94. The Hall–Kier alpha value is -1.72. The highest BCUT2D eigenvalue weighted by Crippen LogP contribution is 2.30. The second kappa shape index (κ2) is 5.34. The van der Waals surface area contributed by atoms with Gasteiger partial charge < -0.3 is 10.6 Å². The Balaban J connectivity index is 1.95. The molecule has 0 unspecified atom stereocenters. The van der Waals surface area contributed by atoms with Gasteiger partial charge in [0.25, 0.3) is 5.91 Å². The van der Waals surface area contributed by atoms with E-state index in [0.717, 1.165) is 23.7 Å². The molecule has 1 aromatic heterocycles. The summed E-state index contributed by atoms with van der Waals surface area (Å²) in [5.41, 5.74) is 8.31. The molecule has 2 heterocycles. The van der Waals surface area contributed by atoms with Crippen LogP contribution >= 0.6 is 11.3 Å². The highest BCUT2D eigenvalue weighted by Gasteiger charge is 2.28. The predicted molar refractivity (Wildman–Crippen MR) is 81.0 cm³/mol. The van der Waals surface area contributed by atoms with Crippen molar-refractivity contribution >= 4 is 22.9 Å². The number of amides is 1. The van der Waals surface area contributed by atoms with Crippen LogP contribution in [-0.2, 0) is 13.0 Å². The van der Waals surface area contributed by atoms with Gasteiger partial charge >= 0.3 is 0 Å². The molecule has 2 aromatic rings. The van der Waals surface area contributed by atoms with Gasteiger partial charge in [-0.15, -0.1) is 11.3 Å². The van der Waals surface area contributed by atoms with Gasteiger partial charge in [0.05, 0.1) is 0 Å². The molecule has 1 atom stereocenters. The maximum Gasteiger partial charge on any atom is 0.277 e. The van der Waals surface area contributed by atoms with Gasteiger partial charge in [0.15, 0.2) is 0 Å². The number of rotatable bonds is 2. The van der Waals surface area contributed by atoms with Gasteiger partial charge in [-0.2, -0.15) is 0 Å². The summed E-state index contributed by atoms with van der Waals surface area (Å²) in [6.45, 7) is 3.29. The van der Waals surface area contributed by atoms with Crippen LogP contribution in [0.2, 0.25) is 0 Å². The van der Waals surface area contributed by atoms with Crippen molar-refractivity contribution in [2.45, 2.75) is 19.9 Å². The smallest absolute Gasteiger partial charge is 0.277 e. The van der Waals surface area contributed by atoms with E-state index in [2.05, 4.69) is 18.0 Å². The van der Waals surface area contributed by atoms with E-state index < -0.39 is 0 Å².